The maximum Gasteiger partial charge on any atom is 0.416 e. The van der Waals surface area contributed by atoms with Gasteiger partial charge in [-0.2, -0.15) is 13.2 Å². The number of halogens is 4. The van der Waals surface area contributed by atoms with Gasteiger partial charge in [0.25, 0.3) is 0 Å². The molecule has 190 valence electrons. The van der Waals surface area contributed by atoms with Crippen molar-refractivity contribution in [3.63, 3.8) is 0 Å². The van der Waals surface area contributed by atoms with Crippen LogP contribution in [0.3, 0.4) is 0 Å². The normalized spacial score (nSPS) is 12.9. The minimum Gasteiger partial charge on any atom is -0.391 e. The zero-order valence-corrected chi connectivity index (χ0v) is 20.9. The molecule has 0 saturated carbocycles. The van der Waals surface area contributed by atoms with E-state index in [0.717, 1.165) is 48.1 Å². The molecule has 0 spiro atoms. The van der Waals surface area contributed by atoms with E-state index in [1.807, 2.05) is 38.1 Å². The Kier molecular flexibility index (Phi) is 10.2. The lowest BCUT2D eigenvalue weighted by atomic mass is 9.90. The van der Waals surface area contributed by atoms with E-state index in [1.54, 1.807) is 0 Å². The number of ketones is 1. The molecule has 0 bridgehead atoms. The Hall–Kier alpha value is -2.96. The van der Waals surface area contributed by atoms with Crippen molar-refractivity contribution in [1.29, 1.82) is 0 Å². The number of allylic oxidation sites excluding steroid dienone is 2. The number of alkyl halides is 3. The van der Waals surface area contributed by atoms with Gasteiger partial charge < -0.3 is 4.84 Å². The van der Waals surface area contributed by atoms with Crippen molar-refractivity contribution in [2.45, 2.75) is 73.1 Å². The topological polar surface area (TPSA) is 38.7 Å². The van der Waals surface area contributed by atoms with Crippen LogP contribution in [0.1, 0.15) is 81.2 Å². The number of hydrogen-bond acceptors (Lipinski definition) is 3. The van der Waals surface area contributed by atoms with E-state index >= 15 is 0 Å². The lowest BCUT2D eigenvalue weighted by molar-refractivity contribution is -0.137. The first-order valence-electron chi connectivity index (χ1n) is 11.8. The summed E-state index contributed by atoms with van der Waals surface area (Å²) in [6.07, 6.45) is 0.226. The monoisotopic (exact) mass is 491 g/mol. The van der Waals surface area contributed by atoms with Crippen molar-refractivity contribution in [2.24, 2.45) is 11.1 Å². The molecular weight excluding hydrogens is 458 g/mol. The Bertz CT molecular complexity index is 1080. The summed E-state index contributed by atoms with van der Waals surface area (Å²) in [6, 6.07) is 7.80. The van der Waals surface area contributed by atoms with Crippen LogP contribution in [0.4, 0.5) is 17.6 Å². The molecule has 0 saturated heterocycles. The highest BCUT2D eigenvalue weighted by molar-refractivity contribution is 6.21. The van der Waals surface area contributed by atoms with Gasteiger partial charge in [-0.25, -0.2) is 4.39 Å². The molecule has 7 heteroatoms. The number of carbonyl (C=O) groups is 1. The van der Waals surface area contributed by atoms with Crippen molar-refractivity contribution < 1.29 is 27.2 Å². The summed E-state index contributed by atoms with van der Waals surface area (Å²) < 4.78 is 53.3. The average Bonchev–Trinajstić information content (AvgIpc) is 2.78. The Morgan fingerprint density at radius 1 is 1.14 bits per heavy atom. The third-order valence-corrected chi connectivity index (χ3v) is 5.68. The van der Waals surface area contributed by atoms with E-state index < -0.39 is 17.6 Å². The van der Waals surface area contributed by atoms with Gasteiger partial charge in [-0.1, -0.05) is 56.6 Å². The van der Waals surface area contributed by atoms with Gasteiger partial charge in [0, 0.05) is 23.1 Å². The molecule has 0 aliphatic heterocycles. The second kappa shape index (κ2) is 12.7. The molecule has 0 fully saturated rings. The fourth-order valence-corrected chi connectivity index (χ4v) is 3.59. The fraction of sp³-hybridized carbons (Fsp3) is 0.429. The average molecular weight is 492 g/mol. The van der Waals surface area contributed by atoms with E-state index in [9.17, 15) is 22.4 Å². The van der Waals surface area contributed by atoms with E-state index in [-0.39, 0.29) is 23.7 Å². The van der Waals surface area contributed by atoms with Crippen LogP contribution in [0.5, 0.6) is 0 Å². The van der Waals surface area contributed by atoms with Gasteiger partial charge in [0.2, 0.25) is 0 Å². The minimum absolute atomic E-state index is 0.0130. The SMILES string of the molecule is CCC/C=C(\C(=O)CCC(C)C)c1cccc(C)c1CO/N=C(\C)c1cc(C(F)(F)F)ccc1F. The summed E-state index contributed by atoms with van der Waals surface area (Å²) >= 11 is 0. The number of benzene rings is 2. The smallest absolute Gasteiger partial charge is 0.391 e. The Balaban J connectivity index is 2.33. The van der Waals surface area contributed by atoms with Gasteiger partial charge in [-0.05, 0) is 61.9 Å². The van der Waals surface area contributed by atoms with E-state index in [4.69, 9.17) is 4.84 Å². The van der Waals surface area contributed by atoms with Crippen molar-refractivity contribution in [1.82, 2.24) is 0 Å². The molecule has 0 N–H and O–H groups in total. The van der Waals surface area contributed by atoms with Crippen LogP contribution < -0.4 is 0 Å². The van der Waals surface area contributed by atoms with Gasteiger partial charge in [0.1, 0.15) is 12.4 Å². The van der Waals surface area contributed by atoms with Crippen molar-refractivity contribution in [3.05, 3.63) is 76.1 Å². The first-order valence-corrected chi connectivity index (χ1v) is 11.8. The molecule has 3 nitrogen and oxygen atoms in total. The lowest BCUT2D eigenvalue weighted by Gasteiger charge is -2.15. The van der Waals surface area contributed by atoms with Gasteiger partial charge >= 0.3 is 6.18 Å². The van der Waals surface area contributed by atoms with Gasteiger partial charge in [0.15, 0.2) is 5.78 Å². The van der Waals surface area contributed by atoms with Crippen molar-refractivity contribution in [3.8, 4) is 0 Å². The Morgan fingerprint density at radius 3 is 2.49 bits per heavy atom. The zero-order chi connectivity index (χ0) is 26.2. The highest BCUT2D eigenvalue weighted by Crippen LogP contribution is 2.31. The molecule has 0 amide bonds. The molecule has 0 aliphatic rings. The summed E-state index contributed by atoms with van der Waals surface area (Å²) in [7, 11) is 0. The predicted octanol–water partition coefficient (Wildman–Crippen LogP) is 8.28. The number of hydrogen-bond donors (Lipinski definition) is 0. The van der Waals surface area contributed by atoms with Crippen molar-refractivity contribution in [2.75, 3.05) is 0 Å². The zero-order valence-electron chi connectivity index (χ0n) is 20.9. The molecule has 0 aliphatic carbocycles. The molecule has 0 aromatic heterocycles. The van der Waals surface area contributed by atoms with Crippen LogP contribution in [0.2, 0.25) is 0 Å². The number of nitrogens with zero attached hydrogens (tertiary/aromatic N) is 1. The molecule has 0 heterocycles. The molecule has 2 rings (SSSR count). The molecule has 35 heavy (non-hydrogen) atoms. The maximum atomic E-state index is 14.2. The number of Topliss-reactive ketones (excluding diaryl/α,β-unsaturated/α-hetero) is 1. The molecular formula is C28H33F4NO2. The van der Waals surface area contributed by atoms with Gasteiger partial charge in [0.05, 0.1) is 11.3 Å². The number of unbranched alkanes of at least 4 members (excludes halogenated alkanes) is 1. The first kappa shape index (κ1) is 28.3. The molecule has 2 aromatic rings. The molecule has 2 aromatic carbocycles. The predicted molar refractivity (Wildman–Crippen MR) is 132 cm³/mol. The minimum atomic E-state index is -4.59. The van der Waals surface area contributed by atoms with Crippen LogP contribution in [-0.2, 0) is 22.4 Å². The first-order chi connectivity index (χ1) is 16.5. The van der Waals surface area contributed by atoms with Crippen LogP contribution in [0, 0.1) is 18.7 Å². The molecule has 0 unspecified atom stereocenters. The van der Waals surface area contributed by atoms with E-state index in [0.29, 0.717) is 24.0 Å². The lowest BCUT2D eigenvalue weighted by Crippen LogP contribution is -2.09. The molecule has 0 radical (unpaired) electrons. The van der Waals surface area contributed by atoms with Gasteiger partial charge in [-0.3, -0.25) is 4.79 Å². The third kappa shape index (κ3) is 8.05. The quantitative estimate of drug-likeness (QED) is 0.137. The summed E-state index contributed by atoms with van der Waals surface area (Å²) in [5.41, 5.74) is 1.78. The van der Waals surface area contributed by atoms with Crippen LogP contribution >= 0.6 is 0 Å². The summed E-state index contributed by atoms with van der Waals surface area (Å²) in [4.78, 5) is 18.5. The van der Waals surface area contributed by atoms with E-state index in [2.05, 4.69) is 19.0 Å². The standard InChI is InChI=1S/C28H33F4NO2/c1-6-7-10-23(27(34)15-12-18(2)3)22-11-8-9-19(4)25(22)17-35-33-20(5)24-16-21(28(30,31)32)13-14-26(24)29/h8-11,13-14,16,18H,6-7,12,15,17H2,1-5H3/b23-10-,33-20+. The molecule has 0 atom stereocenters. The second-order valence-corrected chi connectivity index (χ2v) is 9.01. The Morgan fingerprint density at radius 2 is 1.86 bits per heavy atom. The van der Waals surface area contributed by atoms with Gasteiger partial charge in [-0.15, -0.1) is 0 Å². The number of aryl methyl sites for hydroxylation is 1. The summed E-state index contributed by atoms with van der Waals surface area (Å²) in [5, 5.41) is 3.89. The number of oxime groups is 1. The fourth-order valence-electron chi connectivity index (χ4n) is 3.59. The largest absolute Gasteiger partial charge is 0.416 e. The summed E-state index contributed by atoms with van der Waals surface area (Å²) in [6.45, 7) is 9.45. The Labute approximate surface area is 204 Å². The van der Waals surface area contributed by atoms with Crippen LogP contribution in [-0.4, -0.2) is 11.5 Å². The van der Waals surface area contributed by atoms with Crippen LogP contribution in [0.25, 0.3) is 5.57 Å². The second-order valence-electron chi connectivity index (χ2n) is 9.01. The highest BCUT2D eigenvalue weighted by Gasteiger charge is 2.31. The summed E-state index contributed by atoms with van der Waals surface area (Å²) in [5.74, 6) is -0.357. The highest BCUT2D eigenvalue weighted by atomic mass is 19.4. The maximum absolute atomic E-state index is 14.2. The van der Waals surface area contributed by atoms with Crippen LogP contribution in [0.15, 0.2) is 47.6 Å². The van der Waals surface area contributed by atoms with Crippen molar-refractivity contribution >= 4 is 17.1 Å². The number of carbonyl (C=O) groups excluding carboxylic acids is 1. The number of rotatable bonds is 11. The van der Waals surface area contributed by atoms with E-state index in [1.165, 1.54) is 6.92 Å². The third-order valence-electron chi connectivity index (χ3n) is 5.68.